The summed E-state index contributed by atoms with van der Waals surface area (Å²) in [7, 11) is 0. The highest BCUT2D eigenvalue weighted by Gasteiger charge is 2.39. The zero-order valence-electron chi connectivity index (χ0n) is 8.97. The van der Waals surface area contributed by atoms with Gasteiger partial charge in [-0.05, 0) is 25.1 Å². The van der Waals surface area contributed by atoms with Crippen LogP contribution < -0.4 is 0 Å². The summed E-state index contributed by atoms with van der Waals surface area (Å²) in [5.74, 6) is -0.136. The molecule has 0 spiro atoms. The van der Waals surface area contributed by atoms with Gasteiger partial charge in [-0.1, -0.05) is 6.07 Å². The number of aliphatic hydroxyl groups is 1. The number of carbonyl (C=O) groups excluding carboxylic acids is 1. The van der Waals surface area contributed by atoms with Crippen LogP contribution in [0.25, 0.3) is 0 Å². The fraction of sp³-hybridized carbons (Fsp3) is 0.333. The second-order valence-electron chi connectivity index (χ2n) is 4.35. The molecule has 0 atom stereocenters. The highest BCUT2D eigenvalue weighted by atomic mass is 16.3. The summed E-state index contributed by atoms with van der Waals surface area (Å²) in [5.41, 5.74) is 0.204. The monoisotopic (exact) mass is 216 g/mol. The van der Waals surface area contributed by atoms with Crippen LogP contribution in [0.5, 0.6) is 0 Å². The molecule has 4 heteroatoms. The number of nitrogens with zero attached hydrogens (tertiary/aromatic N) is 2. The molecule has 1 aromatic carbocycles. The topological polar surface area (TPSA) is 64.3 Å². The second-order valence-corrected chi connectivity index (χ2v) is 4.35. The Balaban J connectivity index is 2.14. The largest absolute Gasteiger partial charge is 0.386 e. The van der Waals surface area contributed by atoms with E-state index in [0.29, 0.717) is 24.2 Å². The predicted octanol–water partition coefficient (Wildman–Crippen LogP) is 0.765. The maximum Gasteiger partial charge on any atom is 0.254 e. The number of rotatable bonds is 1. The lowest BCUT2D eigenvalue weighted by Crippen LogP contribution is -2.61. The zero-order valence-corrected chi connectivity index (χ0v) is 8.97. The third-order valence-corrected chi connectivity index (χ3v) is 2.59. The van der Waals surface area contributed by atoms with Gasteiger partial charge in [0.15, 0.2) is 0 Å². The van der Waals surface area contributed by atoms with Crippen LogP contribution in [0.2, 0.25) is 0 Å². The van der Waals surface area contributed by atoms with E-state index in [1.165, 1.54) is 0 Å². The van der Waals surface area contributed by atoms with Gasteiger partial charge in [0.05, 0.1) is 30.3 Å². The van der Waals surface area contributed by atoms with Crippen LogP contribution in [0.4, 0.5) is 0 Å². The second kappa shape index (κ2) is 3.62. The fourth-order valence-electron chi connectivity index (χ4n) is 1.82. The summed E-state index contributed by atoms with van der Waals surface area (Å²) in [6.07, 6.45) is 0. The number of hydrogen-bond donors (Lipinski definition) is 1. The Morgan fingerprint density at radius 1 is 1.56 bits per heavy atom. The molecule has 2 rings (SSSR count). The number of carbonyl (C=O) groups is 1. The number of nitriles is 1. The van der Waals surface area contributed by atoms with Crippen molar-refractivity contribution in [3.05, 3.63) is 35.4 Å². The molecule has 1 amide bonds. The molecule has 0 aliphatic carbocycles. The van der Waals surface area contributed by atoms with Crippen molar-refractivity contribution in [2.75, 3.05) is 13.1 Å². The van der Waals surface area contributed by atoms with Crippen molar-refractivity contribution in [3.8, 4) is 6.07 Å². The van der Waals surface area contributed by atoms with Crippen LogP contribution in [-0.4, -0.2) is 34.6 Å². The molecule has 0 bridgehead atoms. The van der Waals surface area contributed by atoms with Crippen molar-refractivity contribution in [1.82, 2.24) is 4.90 Å². The summed E-state index contributed by atoms with van der Waals surface area (Å²) in [6.45, 7) is 2.40. The lowest BCUT2D eigenvalue weighted by molar-refractivity contribution is -0.0668. The normalized spacial score (nSPS) is 17.4. The summed E-state index contributed by atoms with van der Waals surface area (Å²) in [5, 5.41) is 18.3. The first-order valence-electron chi connectivity index (χ1n) is 5.04. The van der Waals surface area contributed by atoms with E-state index in [4.69, 9.17) is 5.26 Å². The van der Waals surface area contributed by atoms with E-state index in [-0.39, 0.29) is 5.91 Å². The highest BCUT2D eigenvalue weighted by Crippen LogP contribution is 2.22. The minimum Gasteiger partial charge on any atom is -0.386 e. The average molecular weight is 216 g/mol. The Bertz CT molecular complexity index is 466. The summed E-state index contributed by atoms with van der Waals surface area (Å²) < 4.78 is 0. The number of likely N-dealkylation sites (tertiary alicyclic amines) is 1. The molecule has 1 fully saturated rings. The van der Waals surface area contributed by atoms with Gasteiger partial charge < -0.3 is 10.0 Å². The Morgan fingerprint density at radius 3 is 2.81 bits per heavy atom. The van der Waals surface area contributed by atoms with Gasteiger partial charge in [-0.2, -0.15) is 5.26 Å². The molecule has 1 aromatic rings. The molecule has 1 heterocycles. The predicted molar refractivity (Wildman–Crippen MR) is 57.7 cm³/mol. The molecule has 1 aliphatic rings. The third-order valence-electron chi connectivity index (χ3n) is 2.59. The summed E-state index contributed by atoms with van der Waals surface area (Å²) >= 11 is 0. The van der Waals surface area contributed by atoms with Crippen molar-refractivity contribution in [3.63, 3.8) is 0 Å². The zero-order chi connectivity index (χ0) is 11.8. The van der Waals surface area contributed by atoms with Crippen molar-refractivity contribution in [2.24, 2.45) is 0 Å². The van der Waals surface area contributed by atoms with E-state index < -0.39 is 5.60 Å². The van der Waals surface area contributed by atoms with Crippen molar-refractivity contribution in [2.45, 2.75) is 12.5 Å². The lowest BCUT2D eigenvalue weighted by Gasteiger charge is -2.44. The molecular weight excluding hydrogens is 204 g/mol. The van der Waals surface area contributed by atoms with E-state index in [9.17, 15) is 9.90 Å². The van der Waals surface area contributed by atoms with Gasteiger partial charge in [0.2, 0.25) is 0 Å². The van der Waals surface area contributed by atoms with Crippen LogP contribution in [0.1, 0.15) is 22.8 Å². The lowest BCUT2D eigenvalue weighted by atomic mass is 9.95. The Hall–Kier alpha value is -1.86. The molecule has 1 saturated heterocycles. The molecule has 1 aliphatic heterocycles. The first-order chi connectivity index (χ1) is 7.52. The van der Waals surface area contributed by atoms with E-state index >= 15 is 0 Å². The fourth-order valence-corrected chi connectivity index (χ4v) is 1.82. The van der Waals surface area contributed by atoms with E-state index in [1.807, 2.05) is 6.07 Å². The number of β-amino-alcohol motifs (C(OH)–C–C–N with tert-alkyl or cyclic N) is 1. The third kappa shape index (κ3) is 1.90. The molecule has 0 saturated carbocycles. The van der Waals surface area contributed by atoms with E-state index in [0.717, 1.165) is 0 Å². The van der Waals surface area contributed by atoms with E-state index in [1.54, 1.807) is 36.1 Å². The maximum atomic E-state index is 11.9. The van der Waals surface area contributed by atoms with Crippen LogP contribution in [0.3, 0.4) is 0 Å². The molecule has 0 unspecified atom stereocenters. The van der Waals surface area contributed by atoms with Gasteiger partial charge in [-0.3, -0.25) is 4.79 Å². The van der Waals surface area contributed by atoms with Crippen molar-refractivity contribution in [1.29, 1.82) is 5.26 Å². The first-order valence-corrected chi connectivity index (χ1v) is 5.04. The Morgan fingerprint density at radius 2 is 2.25 bits per heavy atom. The van der Waals surface area contributed by atoms with Crippen LogP contribution in [0.15, 0.2) is 24.3 Å². The molecule has 82 valence electrons. The van der Waals surface area contributed by atoms with Gasteiger partial charge in [-0.15, -0.1) is 0 Å². The van der Waals surface area contributed by atoms with Crippen LogP contribution >= 0.6 is 0 Å². The smallest absolute Gasteiger partial charge is 0.254 e. The molecule has 0 radical (unpaired) electrons. The molecule has 16 heavy (non-hydrogen) atoms. The Kier molecular flexibility index (Phi) is 2.41. The molecular formula is C12H12N2O2. The standard InChI is InChI=1S/C12H12N2O2/c1-12(16)7-14(8-12)11(15)10-4-2-3-9(5-10)6-13/h2-5,16H,7-8H2,1H3. The Labute approximate surface area is 93.7 Å². The minimum atomic E-state index is -0.761. The van der Waals surface area contributed by atoms with Crippen LogP contribution in [-0.2, 0) is 0 Å². The number of benzene rings is 1. The van der Waals surface area contributed by atoms with Crippen molar-refractivity contribution < 1.29 is 9.90 Å². The molecule has 1 N–H and O–H groups in total. The first kappa shape index (κ1) is 10.7. The highest BCUT2D eigenvalue weighted by molar-refractivity contribution is 5.95. The van der Waals surface area contributed by atoms with Gasteiger partial charge in [0.25, 0.3) is 5.91 Å². The van der Waals surface area contributed by atoms with Crippen molar-refractivity contribution >= 4 is 5.91 Å². The van der Waals surface area contributed by atoms with E-state index in [2.05, 4.69) is 0 Å². The molecule has 4 nitrogen and oxygen atoms in total. The minimum absolute atomic E-state index is 0.136. The molecule has 0 aromatic heterocycles. The van der Waals surface area contributed by atoms with Gasteiger partial charge in [0, 0.05) is 5.56 Å². The van der Waals surface area contributed by atoms with Gasteiger partial charge >= 0.3 is 0 Å². The SMILES string of the molecule is CC1(O)CN(C(=O)c2cccc(C#N)c2)C1. The summed E-state index contributed by atoms with van der Waals surface area (Å²) in [6, 6.07) is 8.57. The van der Waals surface area contributed by atoms with Gasteiger partial charge in [0.1, 0.15) is 0 Å². The van der Waals surface area contributed by atoms with Gasteiger partial charge in [-0.25, -0.2) is 0 Å². The average Bonchev–Trinajstić information content (AvgIpc) is 2.25. The maximum absolute atomic E-state index is 11.9. The number of amides is 1. The number of hydrogen-bond acceptors (Lipinski definition) is 3. The van der Waals surface area contributed by atoms with Crippen LogP contribution in [0, 0.1) is 11.3 Å². The summed E-state index contributed by atoms with van der Waals surface area (Å²) in [4.78, 5) is 13.5. The quantitative estimate of drug-likeness (QED) is 0.754.